The van der Waals surface area contributed by atoms with Crippen LogP contribution in [-0.4, -0.2) is 11.6 Å². The summed E-state index contributed by atoms with van der Waals surface area (Å²) >= 11 is 0. The summed E-state index contributed by atoms with van der Waals surface area (Å²) in [6.45, 7) is 5.97. The zero-order chi connectivity index (χ0) is 15.0. The van der Waals surface area contributed by atoms with Gasteiger partial charge in [0, 0.05) is 12.8 Å². The number of ketones is 2. The van der Waals surface area contributed by atoms with Gasteiger partial charge in [-0.25, -0.2) is 4.39 Å². The zero-order valence-electron chi connectivity index (χ0n) is 12.3. The Morgan fingerprint density at radius 1 is 1.15 bits per heavy atom. The van der Waals surface area contributed by atoms with Crippen molar-refractivity contribution in [3.05, 3.63) is 35.6 Å². The van der Waals surface area contributed by atoms with Gasteiger partial charge in [0.2, 0.25) is 0 Å². The van der Waals surface area contributed by atoms with Crippen molar-refractivity contribution in [2.24, 2.45) is 10.8 Å². The number of hydrogen-bond acceptors (Lipinski definition) is 2. The van der Waals surface area contributed by atoms with Gasteiger partial charge in [0.05, 0.1) is 5.41 Å². The number of benzene rings is 1. The van der Waals surface area contributed by atoms with Crippen LogP contribution in [0.15, 0.2) is 24.3 Å². The van der Waals surface area contributed by atoms with Gasteiger partial charge in [-0.3, -0.25) is 9.59 Å². The first kappa shape index (κ1) is 14.9. The van der Waals surface area contributed by atoms with E-state index in [-0.39, 0.29) is 29.2 Å². The molecule has 2 nitrogen and oxygen atoms in total. The second kappa shape index (κ2) is 5.12. The Bertz CT molecular complexity index is 536. The van der Waals surface area contributed by atoms with Crippen LogP contribution in [0.1, 0.15) is 45.6 Å². The molecule has 1 aliphatic rings. The third-order valence-electron chi connectivity index (χ3n) is 3.82. The van der Waals surface area contributed by atoms with E-state index in [0.29, 0.717) is 24.8 Å². The lowest BCUT2D eigenvalue weighted by Crippen LogP contribution is -2.30. The minimum Gasteiger partial charge on any atom is -0.299 e. The zero-order valence-corrected chi connectivity index (χ0v) is 12.3. The minimum absolute atomic E-state index is 0.0164. The lowest BCUT2D eigenvalue weighted by atomic mass is 9.81. The summed E-state index contributed by atoms with van der Waals surface area (Å²) < 4.78 is 13.6. The Kier molecular flexibility index (Phi) is 3.81. The molecule has 0 N–H and O–H groups in total. The molecule has 0 unspecified atom stereocenters. The maximum Gasteiger partial charge on any atom is 0.150 e. The highest BCUT2D eigenvalue weighted by atomic mass is 19.1. The average molecular weight is 276 g/mol. The Morgan fingerprint density at radius 3 is 2.25 bits per heavy atom. The highest BCUT2D eigenvalue weighted by molar-refractivity contribution is 6.10. The molecule has 0 radical (unpaired) electrons. The minimum atomic E-state index is -0.824. The molecule has 3 heteroatoms. The Labute approximate surface area is 119 Å². The lowest BCUT2D eigenvalue weighted by molar-refractivity contribution is -0.135. The van der Waals surface area contributed by atoms with Gasteiger partial charge in [0.25, 0.3) is 0 Å². The quantitative estimate of drug-likeness (QED) is 0.768. The van der Waals surface area contributed by atoms with E-state index in [2.05, 4.69) is 0 Å². The molecule has 0 atom stereocenters. The number of rotatable bonds is 5. The maximum absolute atomic E-state index is 13.6. The molecule has 0 saturated heterocycles. The lowest BCUT2D eigenvalue weighted by Gasteiger charge is -2.21. The van der Waals surface area contributed by atoms with Crippen LogP contribution in [0.5, 0.6) is 0 Å². The number of Topliss-reactive ketones (excluding diaryl/α,β-unsaturated/α-hetero) is 2. The third kappa shape index (κ3) is 3.14. The third-order valence-corrected chi connectivity index (χ3v) is 3.82. The fourth-order valence-corrected chi connectivity index (χ4v) is 2.47. The van der Waals surface area contributed by atoms with Gasteiger partial charge >= 0.3 is 0 Å². The Morgan fingerprint density at radius 2 is 1.75 bits per heavy atom. The van der Waals surface area contributed by atoms with E-state index < -0.39 is 5.41 Å². The second-order valence-corrected chi connectivity index (χ2v) is 6.93. The molecular formula is C17H21FO2. The van der Waals surface area contributed by atoms with Gasteiger partial charge < -0.3 is 0 Å². The molecule has 0 amide bonds. The summed E-state index contributed by atoms with van der Waals surface area (Å²) in [7, 11) is 0. The molecule has 2 rings (SSSR count). The number of carbonyl (C=O) groups is 2. The first-order valence-electron chi connectivity index (χ1n) is 7.05. The summed E-state index contributed by atoms with van der Waals surface area (Å²) in [5, 5.41) is 0. The van der Waals surface area contributed by atoms with E-state index in [9.17, 15) is 14.0 Å². The molecular weight excluding hydrogens is 255 g/mol. The summed E-state index contributed by atoms with van der Waals surface area (Å²) in [5.74, 6) is -0.483. The first-order chi connectivity index (χ1) is 9.24. The molecule has 1 saturated carbocycles. The molecule has 0 spiro atoms. The van der Waals surface area contributed by atoms with Gasteiger partial charge in [0.1, 0.15) is 11.6 Å². The monoisotopic (exact) mass is 276 g/mol. The van der Waals surface area contributed by atoms with Gasteiger partial charge in [0.15, 0.2) is 5.78 Å². The van der Waals surface area contributed by atoms with Gasteiger partial charge in [-0.15, -0.1) is 0 Å². The number of carbonyl (C=O) groups excluding carboxylic acids is 2. The topological polar surface area (TPSA) is 34.1 Å². The van der Waals surface area contributed by atoms with E-state index in [1.54, 1.807) is 18.2 Å². The fraction of sp³-hybridized carbons (Fsp3) is 0.529. The second-order valence-electron chi connectivity index (χ2n) is 6.93. The van der Waals surface area contributed by atoms with Crippen molar-refractivity contribution < 1.29 is 14.0 Å². The Balaban J connectivity index is 2.09. The van der Waals surface area contributed by atoms with Crippen LogP contribution in [-0.2, 0) is 16.0 Å². The van der Waals surface area contributed by atoms with E-state index in [4.69, 9.17) is 0 Å². The van der Waals surface area contributed by atoms with Gasteiger partial charge in [-0.2, -0.15) is 0 Å². The highest BCUT2D eigenvalue weighted by Crippen LogP contribution is 2.50. The van der Waals surface area contributed by atoms with Crippen LogP contribution in [0.3, 0.4) is 0 Å². The van der Waals surface area contributed by atoms with E-state index >= 15 is 0 Å². The molecule has 0 aromatic heterocycles. The fourth-order valence-electron chi connectivity index (χ4n) is 2.47. The van der Waals surface area contributed by atoms with E-state index in [1.807, 2.05) is 20.8 Å². The van der Waals surface area contributed by atoms with Crippen LogP contribution >= 0.6 is 0 Å². The summed E-state index contributed by atoms with van der Waals surface area (Å²) in [4.78, 5) is 24.7. The van der Waals surface area contributed by atoms with E-state index in [0.717, 1.165) is 0 Å². The number of hydrogen-bond donors (Lipinski definition) is 0. The number of halogens is 1. The summed E-state index contributed by atoms with van der Waals surface area (Å²) in [5.41, 5.74) is -0.562. The van der Waals surface area contributed by atoms with Crippen LogP contribution in [0.4, 0.5) is 4.39 Å². The van der Waals surface area contributed by atoms with Crippen molar-refractivity contribution in [2.75, 3.05) is 0 Å². The first-order valence-corrected chi connectivity index (χ1v) is 7.05. The van der Waals surface area contributed by atoms with Crippen LogP contribution in [0.2, 0.25) is 0 Å². The van der Waals surface area contributed by atoms with Crippen molar-refractivity contribution in [3.8, 4) is 0 Å². The standard InChI is InChI=1S/C17H21FO2/c1-16(2,3)11-15(20)17(8-9-17)14(19)10-12-6-4-5-7-13(12)18/h4-7H,8-11H2,1-3H3. The van der Waals surface area contributed by atoms with Crippen LogP contribution < -0.4 is 0 Å². The highest BCUT2D eigenvalue weighted by Gasteiger charge is 2.55. The predicted molar refractivity (Wildman–Crippen MR) is 75.9 cm³/mol. The summed E-state index contributed by atoms with van der Waals surface area (Å²) in [6, 6.07) is 6.26. The van der Waals surface area contributed by atoms with Gasteiger partial charge in [-0.05, 0) is 29.9 Å². The largest absolute Gasteiger partial charge is 0.299 e. The van der Waals surface area contributed by atoms with Crippen molar-refractivity contribution in [2.45, 2.75) is 46.5 Å². The molecule has 0 bridgehead atoms. The normalized spacial score (nSPS) is 16.8. The molecule has 1 aromatic rings. The van der Waals surface area contributed by atoms with E-state index in [1.165, 1.54) is 6.07 Å². The molecule has 1 aromatic carbocycles. The average Bonchev–Trinajstić information content (AvgIpc) is 3.11. The van der Waals surface area contributed by atoms with Crippen molar-refractivity contribution >= 4 is 11.6 Å². The summed E-state index contributed by atoms with van der Waals surface area (Å²) in [6.07, 6.45) is 1.66. The predicted octanol–water partition coefficient (Wildman–Crippen LogP) is 3.72. The van der Waals surface area contributed by atoms with Crippen molar-refractivity contribution in [1.82, 2.24) is 0 Å². The maximum atomic E-state index is 13.6. The van der Waals surface area contributed by atoms with Crippen LogP contribution in [0.25, 0.3) is 0 Å². The molecule has 1 aliphatic carbocycles. The Hall–Kier alpha value is -1.51. The van der Waals surface area contributed by atoms with Gasteiger partial charge in [-0.1, -0.05) is 39.0 Å². The van der Waals surface area contributed by atoms with Crippen molar-refractivity contribution in [1.29, 1.82) is 0 Å². The SMILES string of the molecule is CC(C)(C)CC(=O)C1(C(=O)Cc2ccccc2F)CC1. The smallest absolute Gasteiger partial charge is 0.150 e. The molecule has 0 aliphatic heterocycles. The molecule has 0 heterocycles. The molecule has 1 fully saturated rings. The van der Waals surface area contributed by atoms with Crippen LogP contribution in [0, 0.1) is 16.6 Å². The molecule has 20 heavy (non-hydrogen) atoms. The molecule has 108 valence electrons. The van der Waals surface area contributed by atoms with Crippen molar-refractivity contribution in [3.63, 3.8) is 0 Å².